The van der Waals surface area contributed by atoms with Gasteiger partial charge in [0.25, 0.3) is 5.91 Å². The Balaban J connectivity index is 1.49. The van der Waals surface area contributed by atoms with Crippen molar-refractivity contribution in [1.82, 2.24) is 4.90 Å². The lowest BCUT2D eigenvalue weighted by molar-refractivity contribution is -0.143. The summed E-state index contributed by atoms with van der Waals surface area (Å²) in [6, 6.07) is 17.9. The van der Waals surface area contributed by atoms with Crippen molar-refractivity contribution in [2.75, 3.05) is 37.7 Å². The minimum atomic E-state index is -0.296. The number of ether oxygens (including phenoxy) is 2. The van der Waals surface area contributed by atoms with E-state index in [1.807, 2.05) is 61.7 Å². The number of nitrogens with zero attached hydrogens (tertiary/aromatic N) is 1. The topological polar surface area (TPSA) is 81.0 Å². The number of carbonyl (C=O) groups excluding carboxylic acids is 2. The number of furan rings is 1. The van der Waals surface area contributed by atoms with Gasteiger partial charge >= 0.3 is 5.97 Å². The Morgan fingerprint density at radius 3 is 2.44 bits per heavy atom. The molecule has 220 valence electrons. The number of anilines is 1. The van der Waals surface area contributed by atoms with Gasteiger partial charge in [-0.15, -0.1) is 11.8 Å². The molecule has 0 bridgehead atoms. The highest BCUT2D eigenvalue weighted by Crippen LogP contribution is 2.40. The van der Waals surface area contributed by atoms with Crippen LogP contribution in [0.2, 0.25) is 0 Å². The first-order valence-corrected chi connectivity index (χ1v) is 15.9. The van der Waals surface area contributed by atoms with E-state index >= 15 is 0 Å². The van der Waals surface area contributed by atoms with E-state index in [9.17, 15) is 9.59 Å². The fourth-order valence-corrected chi connectivity index (χ4v) is 5.66. The van der Waals surface area contributed by atoms with Crippen LogP contribution in [0, 0.1) is 12.8 Å². The maximum Gasteiger partial charge on any atom is 0.307 e. The van der Waals surface area contributed by atoms with E-state index in [1.165, 1.54) is 37.7 Å². The van der Waals surface area contributed by atoms with Crippen LogP contribution < -0.4 is 10.1 Å². The zero-order valence-corrected chi connectivity index (χ0v) is 25.4. The number of thioether (sulfide) groups is 1. The molecule has 1 heterocycles. The summed E-state index contributed by atoms with van der Waals surface area (Å²) in [7, 11) is 1.71. The fraction of sp³-hybridized carbons (Fsp3) is 0.455. The zero-order valence-electron chi connectivity index (χ0n) is 24.6. The van der Waals surface area contributed by atoms with Crippen LogP contribution in [0.4, 0.5) is 5.69 Å². The molecule has 1 N–H and O–H groups in total. The third-order valence-electron chi connectivity index (χ3n) is 7.65. The van der Waals surface area contributed by atoms with Crippen LogP contribution in [0.5, 0.6) is 5.75 Å². The summed E-state index contributed by atoms with van der Waals surface area (Å²) < 4.78 is 17.0. The molecule has 1 saturated carbocycles. The van der Waals surface area contributed by atoms with Crippen LogP contribution >= 0.6 is 11.8 Å². The van der Waals surface area contributed by atoms with Gasteiger partial charge in [-0.1, -0.05) is 19.3 Å². The van der Waals surface area contributed by atoms with Gasteiger partial charge in [-0.2, -0.15) is 0 Å². The van der Waals surface area contributed by atoms with Gasteiger partial charge in [-0.05, 0) is 93.5 Å². The number of hydrogen-bond donors (Lipinski definition) is 1. The van der Waals surface area contributed by atoms with E-state index in [-0.39, 0.29) is 24.3 Å². The Hall–Kier alpha value is -3.39. The minimum absolute atomic E-state index is 0.103. The number of esters is 1. The average molecular weight is 579 g/mol. The van der Waals surface area contributed by atoms with Gasteiger partial charge in [0, 0.05) is 36.0 Å². The summed E-state index contributed by atoms with van der Waals surface area (Å²) in [6.45, 7) is 4.47. The molecule has 0 radical (unpaired) electrons. The highest BCUT2D eigenvalue weighted by atomic mass is 32.2. The first-order chi connectivity index (χ1) is 19.9. The van der Waals surface area contributed by atoms with Crippen molar-refractivity contribution >= 4 is 29.3 Å². The third kappa shape index (κ3) is 8.32. The number of benzene rings is 2. The van der Waals surface area contributed by atoms with E-state index < -0.39 is 0 Å². The molecule has 1 atom stereocenters. The molecule has 2 aromatic carbocycles. The zero-order chi connectivity index (χ0) is 29.2. The van der Waals surface area contributed by atoms with Gasteiger partial charge in [0.05, 0.1) is 19.1 Å². The van der Waals surface area contributed by atoms with Gasteiger partial charge in [-0.3, -0.25) is 9.59 Å². The highest BCUT2D eigenvalue weighted by molar-refractivity contribution is 7.98. The Kier molecular flexibility index (Phi) is 11.2. The summed E-state index contributed by atoms with van der Waals surface area (Å²) in [5, 5.41) is 3.78. The molecule has 1 aliphatic carbocycles. The number of rotatable bonds is 13. The van der Waals surface area contributed by atoms with Crippen molar-refractivity contribution in [3.8, 4) is 17.1 Å². The summed E-state index contributed by atoms with van der Waals surface area (Å²) in [5.74, 6) is 3.31. The Morgan fingerprint density at radius 2 is 1.78 bits per heavy atom. The van der Waals surface area contributed by atoms with Crippen LogP contribution in [-0.2, 0) is 9.53 Å². The second-order valence-corrected chi connectivity index (χ2v) is 11.4. The lowest BCUT2D eigenvalue weighted by Crippen LogP contribution is -2.29. The lowest BCUT2D eigenvalue weighted by Gasteiger charge is -2.31. The molecule has 0 aliphatic heterocycles. The van der Waals surface area contributed by atoms with Crippen LogP contribution in [0.1, 0.15) is 73.2 Å². The molecule has 0 saturated heterocycles. The summed E-state index contributed by atoms with van der Waals surface area (Å²) in [6.07, 6.45) is 8.28. The molecular weight excluding hydrogens is 536 g/mol. The Labute approximate surface area is 248 Å². The first-order valence-electron chi connectivity index (χ1n) is 14.5. The average Bonchev–Trinajstić information content (AvgIpc) is 3.39. The molecule has 4 rings (SSSR count). The smallest absolute Gasteiger partial charge is 0.307 e. The molecular formula is C33H42N2O5S. The van der Waals surface area contributed by atoms with E-state index in [0.717, 1.165) is 28.5 Å². The van der Waals surface area contributed by atoms with Crippen LogP contribution in [0.15, 0.2) is 59.0 Å². The Morgan fingerprint density at radius 1 is 1.07 bits per heavy atom. The quantitative estimate of drug-likeness (QED) is 0.164. The monoisotopic (exact) mass is 578 g/mol. The standard InChI is InChI=1S/C33H42N2O5S/c1-5-38-31(36)19-20-35(3)33(37)26-11-15-27(16-12-26)34-32(25-9-7-6-8-10-25)29-21-30(40-23(29)2)24-13-17-28(18-14-24)39-22-41-4/h11-18,21,25,32,34H,5-10,19-20,22H2,1-4H3. The predicted octanol–water partition coefficient (Wildman–Crippen LogP) is 7.71. The fourth-order valence-electron chi connectivity index (χ4n) is 5.41. The predicted molar refractivity (Wildman–Crippen MR) is 165 cm³/mol. The van der Waals surface area contributed by atoms with Gasteiger partial charge in [-0.25, -0.2) is 0 Å². The van der Waals surface area contributed by atoms with Crippen molar-refractivity contribution in [3.63, 3.8) is 0 Å². The van der Waals surface area contributed by atoms with Crippen molar-refractivity contribution in [2.45, 2.75) is 58.4 Å². The summed E-state index contributed by atoms with van der Waals surface area (Å²) in [5.41, 5.74) is 3.74. The van der Waals surface area contributed by atoms with E-state index in [4.69, 9.17) is 13.9 Å². The van der Waals surface area contributed by atoms with Gasteiger partial charge in [0.1, 0.15) is 23.2 Å². The number of carbonyl (C=O) groups is 2. The van der Waals surface area contributed by atoms with Gasteiger partial charge < -0.3 is 24.1 Å². The summed E-state index contributed by atoms with van der Waals surface area (Å²) >= 11 is 1.65. The SMILES string of the molecule is CCOC(=O)CCN(C)C(=O)c1ccc(NC(c2cc(-c3ccc(OCSC)cc3)oc2C)C2CCCCC2)cc1. The maximum absolute atomic E-state index is 12.9. The molecule has 41 heavy (non-hydrogen) atoms. The largest absolute Gasteiger partial charge is 0.483 e. The number of aryl methyl sites for hydroxylation is 1. The normalized spacial score (nSPS) is 14.3. The van der Waals surface area contributed by atoms with Crippen molar-refractivity contribution in [2.24, 2.45) is 5.92 Å². The first kappa shape index (κ1) is 30.6. The molecule has 8 heteroatoms. The van der Waals surface area contributed by atoms with Gasteiger partial charge in [0.15, 0.2) is 0 Å². The molecule has 7 nitrogen and oxygen atoms in total. The number of amides is 1. The number of nitrogens with one attached hydrogen (secondary N) is 1. The van der Waals surface area contributed by atoms with Crippen LogP contribution in [0.25, 0.3) is 11.3 Å². The van der Waals surface area contributed by atoms with Crippen LogP contribution in [-0.4, -0.2) is 49.2 Å². The Bertz CT molecular complexity index is 1270. The lowest BCUT2D eigenvalue weighted by atomic mass is 9.81. The van der Waals surface area contributed by atoms with Crippen molar-refractivity contribution in [1.29, 1.82) is 0 Å². The highest BCUT2D eigenvalue weighted by Gasteiger charge is 2.28. The maximum atomic E-state index is 12.9. The molecule has 1 fully saturated rings. The van der Waals surface area contributed by atoms with E-state index in [1.54, 1.807) is 30.6 Å². The third-order valence-corrected chi connectivity index (χ3v) is 8.01. The second-order valence-electron chi connectivity index (χ2n) is 10.6. The van der Waals surface area contributed by atoms with E-state index in [0.29, 0.717) is 30.6 Å². The molecule has 1 aromatic heterocycles. The molecule has 1 amide bonds. The molecule has 1 unspecified atom stereocenters. The molecule has 3 aromatic rings. The molecule has 1 aliphatic rings. The summed E-state index contributed by atoms with van der Waals surface area (Å²) in [4.78, 5) is 26.1. The second kappa shape index (κ2) is 15.0. The van der Waals surface area contributed by atoms with Crippen molar-refractivity contribution in [3.05, 3.63) is 71.5 Å². The van der Waals surface area contributed by atoms with Crippen molar-refractivity contribution < 1.29 is 23.5 Å². The van der Waals surface area contributed by atoms with E-state index in [2.05, 4.69) is 11.4 Å². The van der Waals surface area contributed by atoms with Gasteiger partial charge in [0.2, 0.25) is 0 Å². The minimum Gasteiger partial charge on any atom is -0.483 e. The number of hydrogen-bond acceptors (Lipinski definition) is 7. The van der Waals surface area contributed by atoms with Crippen LogP contribution in [0.3, 0.4) is 0 Å². The molecule has 0 spiro atoms.